The first-order chi connectivity index (χ1) is 28.0. The predicted molar refractivity (Wildman–Crippen MR) is 242 cm³/mol. The predicted octanol–water partition coefficient (Wildman–Crippen LogP) is 15.1. The zero-order chi connectivity index (χ0) is 41.5. The summed E-state index contributed by atoms with van der Waals surface area (Å²) in [5.74, 6) is -0.986. The third-order valence-corrected chi connectivity index (χ3v) is 9.68. The molecule has 0 saturated heterocycles. The smallest absolute Gasteiger partial charge is 0.306 e. The fraction of sp³-hybridized carbons (Fsp3) is 0.706. The highest BCUT2D eigenvalue weighted by atomic mass is 16.6. The summed E-state index contributed by atoms with van der Waals surface area (Å²) < 4.78 is 16.6. The van der Waals surface area contributed by atoms with Crippen LogP contribution < -0.4 is 0 Å². The summed E-state index contributed by atoms with van der Waals surface area (Å²) in [6.45, 7) is 6.32. The van der Waals surface area contributed by atoms with Gasteiger partial charge in [-0.25, -0.2) is 0 Å². The van der Waals surface area contributed by atoms with Gasteiger partial charge in [-0.15, -0.1) is 0 Å². The van der Waals surface area contributed by atoms with Gasteiger partial charge in [0.2, 0.25) is 0 Å². The molecule has 0 aromatic heterocycles. The summed E-state index contributed by atoms with van der Waals surface area (Å²) in [6.07, 6.45) is 56.1. The molecule has 0 spiro atoms. The molecule has 0 N–H and O–H groups in total. The minimum atomic E-state index is -0.804. The Morgan fingerprint density at radius 2 is 0.702 bits per heavy atom. The summed E-state index contributed by atoms with van der Waals surface area (Å²) in [6, 6.07) is 0. The van der Waals surface area contributed by atoms with Gasteiger partial charge in [-0.1, -0.05) is 171 Å². The minimum absolute atomic E-state index is 0.102. The second-order valence-electron chi connectivity index (χ2n) is 15.2. The highest BCUT2D eigenvalue weighted by molar-refractivity contribution is 5.71. The molecule has 0 aliphatic carbocycles. The summed E-state index contributed by atoms with van der Waals surface area (Å²) in [7, 11) is 0. The van der Waals surface area contributed by atoms with Crippen LogP contribution in [0.25, 0.3) is 0 Å². The quantitative estimate of drug-likeness (QED) is 0.0265. The Morgan fingerprint density at radius 1 is 0.368 bits per heavy atom. The number of hydrogen-bond acceptors (Lipinski definition) is 6. The highest BCUT2D eigenvalue weighted by Gasteiger charge is 2.19. The lowest BCUT2D eigenvalue weighted by atomic mass is 10.1. The Morgan fingerprint density at radius 3 is 1.16 bits per heavy atom. The Labute approximate surface area is 351 Å². The normalized spacial score (nSPS) is 12.7. The molecule has 0 bridgehead atoms. The van der Waals surface area contributed by atoms with Gasteiger partial charge in [0.15, 0.2) is 6.10 Å². The first-order valence-corrected chi connectivity index (χ1v) is 23.4. The van der Waals surface area contributed by atoms with Crippen molar-refractivity contribution < 1.29 is 28.6 Å². The van der Waals surface area contributed by atoms with Crippen LogP contribution in [0.4, 0.5) is 0 Å². The van der Waals surface area contributed by atoms with E-state index in [-0.39, 0.29) is 37.5 Å². The van der Waals surface area contributed by atoms with Crippen molar-refractivity contribution in [2.45, 2.75) is 219 Å². The number of carbonyl (C=O) groups excluding carboxylic acids is 3. The zero-order valence-electron chi connectivity index (χ0n) is 37.1. The second kappa shape index (κ2) is 45.6. The van der Waals surface area contributed by atoms with Crippen LogP contribution in [0.2, 0.25) is 0 Å². The van der Waals surface area contributed by atoms with E-state index in [0.29, 0.717) is 19.3 Å². The maximum absolute atomic E-state index is 12.7. The van der Waals surface area contributed by atoms with Crippen molar-refractivity contribution >= 4 is 17.9 Å². The van der Waals surface area contributed by atoms with Crippen molar-refractivity contribution in [3.05, 3.63) is 72.9 Å². The molecule has 57 heavy (non-hydrogen) atoms. The van der Waals surface area contributed by atoms with E-state index in [2.05, 4.69) is 93.7 Å². The lowest BCUT2D eigenvalue weighted by Gasteiger charge is -2.18. The second-order valence-corrected chi connectivity index (χ2v) is 15.2. The fourth-order valence-corrected chi connectivity index (χ4v) is 6.20. The largest absolute Gasteiger partial charge is 0.462 e. The fourth-order valence-electron chi connectivity index (χ4n) is 6.20. The van der Waals surface area contributed by atoms with Crippen LogP contribution >= 0.6 is 0 Å². The molecule has 0 radical (unpaired) electrons. The zero-order valence-corrected chi connectivity index (χ0v) is 37.1. The average Bonchev–Trinajstić information content (AvgIpc) is 3.21. The molecule has 0 rings (SSSR count). The monoisotopic (exact) mass is 795 g/mol. The third-order valence-electron chi connectivity index (χ3n) is 9.68. The molecule has 1 atom stereocenters. The van der Waals surface area contributed by atoms with Crippen LogP contribution in [-0.4, -0.2) is 37.2 Å². The van der Waals surface area contributed by atoms with Crippen molar-refractivity contribution in [3.63, 3.8) is 0 Å². The number of ether oxygens (including phenoxy) is 3. The molecular weight excluding hydrogens is 709 g/mol. The molecular formula is C51H86O6. The van der Waals surface area contributed by atoms with Gasteiger partial charge in [-0.2, -0.15) is 0 Å². The SMILES string of the molecule is CC/C=C\C/C=C\C/C=C\CCCC(=O)OCC(COC(=O)CCCCCCC/C=C\CCCCCCCCC)OC(=O)CCCCCCC/C=C\C/C=C\CC. The van der Waals surface area contributed by atoms with Gasteiger partial charge in [0.25, 0.3) is 0 Å². The number of esters is 3. The van der Waals surface area contributed by atoms with E-state index in [4.69, 9.17) is 14.2 Å². The van der Waals surface area contributed by atoms with Crippen LogP contribution in [0, 0.1) is 0 Å². The molecule has 0 aliphatic rings. The van der Waals surface area contributed by atoms with Crippen molar-refractivity contribution in [1.82, 2.24) is 0 Å². The van der Waals surface area contributed by atoms with Gasteiger partial charge in [-0.05, 0) is 96.3 Å². The molecule has 0 aromatic rings. The third kappa shape index (κ3) is 43.8. The van der Waals surface area contributed by atoms with Crippen LogP contribution in [0.1, 0.15) is 213 Å². The molecule has 0 aliphatic heterocycles. The van der Waals surface area contributed by atoms with Crippen molar-refractivity contribution in [1.29, 1.82) is 0 Å². The Bertz CT molecular complexity index is 1100. The molecule has 0 amide bonds. The highest BCUT2D eigenvalue weighted by Crippen LogP contribution is 2.13. The van der Waals surface area contributed by atoms with Gasteiger partial charge in [-0.3, -0.25) is 14.4 Å². The molecule has 0 heterocycles. The molecule has 0 saturated carbocycles. The number of hydrogen-bond donors (Lipinski definition) is 0. The average molecular weight is 795 g/mol. The van der Waals surface area contributed by atoms with Crippen molar-refractivity contribution in [3.8, 4) is 0 Å². The van der Waals surface area contributed by atoms with E-state index in [9.17, 15) is 14.4 Å². The number of carbonyl (C=O) groups is 3. The Balaban J connectivity index is 4.44. The Hall–Kier alpha value is -3.15. The van der Waals surface area contributed by atoms with Gasteiger partial charge in [0, 0.05) is 19.3 Å². The van der Waals surface area contributed by atoms with Gasteiger partial charge in [0.1, 0.15) is 13.2 Å². The molecule has 1 unspecified atom stereocenters. The van der Waals surface area contributed by atoms with Crippen molar-refractivity contribution in [2.24, 2.45) is 0 Å². The maximum atomic E-state index is 12.7. The van der Waals surface area contributed by atoms with Gasteiger partial charge in [0.05, 0.1) is 0 Å². The van der Waals surface area contributed by atoms with Crippen LogP contribution in [0.3, 0.4) is 0 Å². The first kappa shape index (κ1) is 53.9. The van der Waals surface area contributed by atoms with E-state index in [1.165, 1.54) is 64.2 Å². The Kier molecular flexibility index (Phi) is 43.0. The molecule has 0 fully saturated rings. The molecule has 6 heteroatoms. The molecule has 6 nitrogen and oxygen atoms in total. The van der Waals surface area contributed by atoms with E-state index in [1.807, 2.05) is 0 Å². The topological polar surface area (TPSA) is 78.9 Å². The van der Waals surface area contributed by atoms with Crippen molar-refractivity contribution in [2.75, 3.05) is 13.2 Å². The minimum Gasteiger partial charge on any atom is -0.462 e. The van der Waals surface area contributed by atoms with E-state index < -0.39 is 6.10 Å². The van der Waals surface area contributed by atoms with E-state index >= 15 is 0 Å². The van der Waals surface area contributed by atoms with E-state index in [1.54, 1.807) is 0 Å². The van der Waals surface area contributed by atoms with Gasteiger partial charge < -0.3 is 14.2 Å². The first-order valence-electron chi connectivity index (χ1n) is 23.4. The van der Waals surface area contributed by atoms with Gasteiger partial charge >= 0.3 is 17.9 Å². The lowest BCUT2D eigenvalue weighted by Crippen LogP contribution is -2.30. The van der Waals surface area contributed by atoms with E-state index in [0.717, 1.165) is 103 Å². The molecule has 326 valence electrons. The number of rotatable bonds is 41. The summed E-state index contributed by atoms with van der Waals surface area (Å²) in [5.41, 5.74) is 0. The summed E-state index contributed by atoms with van der Waals surface area (Å²) in [5, 5.41) is 0. The number of allylic oxidation sites excluding steroid dienone is 12. The summed E-state index contributed by atoms with van der Waals surface area (Å²) >= 11 is 0. The van der Waals surface area contributed by atoms with Crippen LogP contribution in [0.15, 0.2) is 72.9 Å². The molecule has 0 aromatic carbocycles. The van der Waals surface area contributed by atoms with Crippen LogP contribution in [-0.2, 0) is 28.6 Å². The lowest BCUT2D eigenvalue weighted by molar-refractivity contribution is -0.167. The number of unbranched alkanes of at least 4 members (excludes halogenated alkanes) is 18. The summed E-state index contributed by atoms with van der Waals surface area (Å²) in [4.78, 5) is 37.7. The van der Waals surface area contributed by atoms with Crippen LogP contribution in [0.5, 0.6) is 0 Å². The maximum Gasteiger partial charge on any atom is 0.306 e. The standard InChI is InChI=1S/C51H86O6/c1-4-7-10-13-16-19-22-24-25-26-27-30-32-35-38-41-44-50(53)56-47-48(46-55-49(52)43-40-37-34-31-28-21-18-15-12-9-6-3)57-51(54)45-42-39-36-33-29-23-20-17-14-11-8-5-2/h8-9,11-12,17-18,20-21,25-26,31,34,48H,4-7,10,13-16,19,22-24,27-30,32-33,35-47H2,1-3H3/b11-8-,12-9-,20-17-,21-18-,26-25-,34-31-.